The van der Waals surface area contributed by atoms with Gasteiger partial charge in [0.2, 0.25) is 17.6 Å². The van der Waals surface area contributed by atoms with Gasteiger partial charge in [0.25, 0.3) is 0 Å². The van der Waals surface area contributed by atoms with Crippen molar-refractivity contribution in [3.63, 3.8) is 0 Å². The van der Waals surface area contributed by atoms with Gasteiger partial charge in [-0.1, -0.05) is 79.7 Å². The van der Waals surface area contributed by atoms with Crippen LogP contribution >= 0.6 is 0 Å². The molecule has 1 saturated heterocycles. The molecule has 5 rings (SSSR count). The molecular formula is C31H34FN5O2. The number of halogens is 1. The van der Waals surface area contributed by atoms with Gasteiger partial charge in [0, 0.05) is 43.3 Å². The van der Waals surface area contributed by atoms with E-state index in [1.54, 1.807) is 12.1 Å². The summed E-state index contributed by atoms with van der Waals surface area (Å²) in [7, 11) is 0. The fourth-order valence-corrected chi connectivity index (χ4v) is 5.16. The maximum absolute atomic E-state index is 15.2. The first-order valence-corrected chi connectivity index (χ1v) is 13.6. The Morgan fingerprint density at radius 1 is 0.949 bits per heavy atom. The third-order valence-corrected chi connectivity index (χ3v) is 7.41. The highest BCUT2D eigenvalue weighted by molar-refractivity contribution is 5.92. The van der Waals surface area contributed by atoms with E-state index in [9.17, 15) is 4.79 Å². The number of nitrogens with one attached hydrogen (secondary N) is 1. The molecule has 0 bridgehead atoms. The zero-order valence-corrected chi connectivity index (χ0v) is 22.4. The predicted octanol–water partition coefficient (Wildman–Crippen LogP) is 6.16. The Kier molecular flexibility index (Phi) is 8.32. The highest BCUT2D eigenvalue weighted by atomic mass is 19.1. The van der Waals surface area contributed by atoms with Crippen LogP contribution in [-0.4, -0.2) is 47.1 Å². The number of benzene rings is 3. The molecule has 202 valence electrons. The third kappa shape index (κ3) is 6.01. The normalized spacial score (nSPS) is 14.9. The molecule has 1 unspecified atom stereocenters. The van der Waals surface area contributed by atoms with Crippen LogP contribution in [0.2, 0.25) is 0 Å². The Hall–Kier alpha value is -4.04. The SMILES string of the molecule is CCC(CC)C(=O)Nc1ccc(N2CCN(C(c3ccccc3)c3nc(-c4ccccc4)no3)CC2)c(F)c1. The van der Waals surface area contributed by atoms with Gasteiger partial charge in [-0.3, -0.25) is 9.69 Å². The maximum atomic E-state index is 15.2. The number of aromatic nitrogens is 2. The Morgan fingerprint density at radius 3 is 2.26 bits per heavy atom. The quantitative estimate of drug-likeness (QED) is 0.281. The standard InChI is InChI=1S/C31H34FN5O2/c1-3-22(4-2)30(38)33-25-15-16-27(26(32)21-25)36-17-19-37(20-18-36)28(23-11-7-5-8-12-23)31-34-29(35-39-31)24-13-9-6-10-14-24/h5-16,21-22,28H,3-4,17-20H2,1-2H3,(H,33,38). The summed E-state index contributed by atoms with van der Waals surface area (Å²) >= 11 is 0. The van der Waals surface area contributed by atoms with E-state index in [0.29, 0.717) is 49.3 Å². The number of rotatable bonds is 9. The monoisotopic (exact) mass is 527 g/mol. The van der Waals surface area contributed by atoms with Crippen LogP contribution in [0.4, 0.5) is 15.8 Å². The van der Waals surface area contributed by atoms with Crippen molar-refractivity contribution in [3.05, 3.63) is 96.1 Å². The average molecular weight is 528 g/mol. The van der Waals surface area contributed by atoms with E-state index in [0.717, 1.165) is 24.0 Å². The molecule has 1 fully saturated rings. The minimum absolute atomic E-state index is 0.0656. The van der Waals surface area contributed by atoms with Crippen LogP contribution in [0.15, 0.2) is 83.4 Å². The fraction of sp³-hybridized carbons (Fsp3) is 0.323. The zero-order valence-electron chi connectivity index (χ0n) is 22.4. The molecular weight excluding hydrogens is 493 g/mol. The van der Waals surface area contributed by atoms with Crippen LogP contribution in [0.3, 0.4) is 0 Å². The lowest BCUT2D eigenvalue weighted by atomic mass is 10.0. The molecule has 0 aliphatic carbocycles. The van der Waals surface area contributed by atoms with Crippen molar-refractivity contribution in [2.24, 2.45) is 5.92 Å². The number of nitrogens with zero attached hydrogens (tertiary/aromatic N) is 4. The third-order valence-electron chi connectivity index (χ3n) is 7.41. The number of amides is 1. The summed E-state index contributed by atoms with van der Waals surface area (Å²) in [6.45, 7) is 6.63. The first-order chi connectivity index (χ1) is 19.1. The molecule has 4 aromatic rings. The zero-order chi connectivity index (χ0) is 27.2. The van der Waals surface area contributed by atoms with Crippen molar-refractivity contribution < 1.29 is 13.7 Å². The number of carbonyl (C=O) groups is 1. The average Bonchev–Trinajstić information content (AvgIpc) is 3.45. The molecule has 39 heavy (non-hydrogen) atoms. The lowest BCUT2D eigenvalue weighted by molar-refractivity contribution is -0.120. The highest BCUT2D eigenvalue weighted by Gasteiger charge is 2.31. The number of piperazine rings is 1. The van der Waals surface area contributed by atoms with E-state index >= 15 is 4.39 Å². The molecule has 1 amide bonds. The van der Waals surface area contributed by atoms with Gasteiger partial charge in [0.05, 0.1) is 5.69 Å². The van der Waals surface area contributed by atoms with Crippen LogP contribution < -0.4 is 10.2 Å². The van der Waals surface area contributed by atoms with Gasteiger partial charge in [-0.05, 0) is 36.6 Å². The van der Waals surface area contributed by atoms with Crippen molar-refractivity contribution in [1.82, 2.24) is 15.0 Å². The Morgan fingerprint density at radius 2 is 1.62 bits per heavy atom. The molecule has 2 heterocycles. The van der Waals surface area contributed by atoms with Crippen molar-refractivity contribution >= 4 is 17.3 Å². The maximum Gasteiger partial charge on any atom is 0.248 e. The highest BCUT2D eigenvalue weighted by Crippen LogP contribution is 2.32. The number of hydrogen-bond donors (Lipinski definition) is 1. The van der Waals surface area contributed by atoms with Gasteiger partial charge >= 0.3 is 0 Å². The van der Waals surface area contributed by atoms with Crippen LogP contribution in [0.5, 0.6) is 0 Å². The Labute approximate surface area is 228 Å². The summed E-state index contributed by atoms with van der Waals surface area (Å²) in [6.07, 6.45) is 1.52. The van der Waals surface area contributed by atoms with E-state index in [1.165, 1.54) is 6.07 Å². The predicted molar refractivity (Wildman–Crippen MR) is 151 cm³/mol. The molecule has 3 aromatic carbocycles. The molecule has 8 heteroatoms. The van der Waals surface area contributed by atoms with Crippen molar-refractivity contribution in [3.8, 4) is 11.4 Å². The van der Waals surface area contributed by atoms with Crippen LogP contribution in [0.1, 0.15) is 44.2 Å². The molecule has 0 spiro atoms. The van der Waals surface area contributed by atoms with E-state index in [2.05, 4.69) is 27.5 Å². The van der Waals surface area contributed by atoms with E-state index < -0.39 is 0 Å². The molecule has 1 aromatic heterocycles. The lowest BCUT2D eigenvalue weighted by Crippen LogP contribution is -2.48. The topological polar surface area (TPSA) is 74.5 Å². The first kappa shape index (κ1) is 26.6. The van der Waals surface area contributed by atoms with Gasteiger partial charge in [-0.15, -0.1) is 0 Å². The van der Waals surface area contributed by atoms with Gasteiger partial charge in [0.1, 0.15) is 11.9 Å². The second-order valence-corrected chi connectivity index (χ2v) is 9.83. The van der Waals surface area contributed by atoms with Gasteiger partial charge in [-0.2, -0.15) is 4.98 Å². The van der Waals surface area contributed by atoms with E-state index in [4.69, 9.17) is 9.51 Å². The second-order valence-electron chi connectivity index (χ2n) is 9.83. The largest absolute Gasteiger partial charge is 0.367 e. The number of carbonyl (C=O) groups excluding carboxylic acids is 1. The van der Waals surface area contributed by atoms with Crippen molar-refractivity contribution in [2.45, 2.75) is 32.7 Å². The minimum atomic E-state index is -0.338. The van der Waals surface area contributed by atoms with Crippen molar-refractivity contribution in [1.29, 1.82) is 0 Å². The summed E-state index contributed by atoms with van der Waals surface area (Å²) in [5.41, 5.74) is 2.99. The molecule has 1 aliphatic heterocycles. The summed E-state index contributed by atoms with van der Waals surface area (Å²) in [6, 6.07) is 24.7. The van der Waals surface area contributed by atoms with Gasteiger partial charge < -0.3 is 14.7 Å². The first-order valence-electron chi connectivity index (χ1n) is 13.6. The number of anilines is 2. The van der Waals surface area contributed by atoms with Gasteiger partial charge in [0.15, 0.2) is 0 Å². The van der Waals surface area contributed by atoms with Crippen LogP contribution in [0.25, 0.3) is 11.4 Å². The van der Waals surface area contributed by atoms with Crippen LogP contribution in [0, 0.1) is 11.7 Å². The Bertz CT molecular complexity index is 1370. The molecule has 0 radical (unpaired) electrons. The van der Waals surface area contributed by atoms with Gasteiger partial charge in [-0.25, -0.2) is 4.39 Å². The summed E-state index contributed by atoms with van der Waals surface area (Å²) in [4.78, 5) is 21.5. The smallest absolute Gasteiger partial charge is 0.248 e. The lowest BCUT2D eigenvalue weighted by Gasteiger charge is -2.39. The molecule has 1 atom stereocenters. The second kappa shape index (κ2) is 12.2. The molecule has 0 saturated carbocycles. The van der Waals surface area contributed by atoms with E-state index in [1.807, 2.05) is 67.3 Å². The molecule has 7 nitrogen and oxygen atoms in total. The van der Waals surface area contributed by atoms with Crippen molar-refractivity contribution in [2.75, 3.05) is 36.4 Å². The number of hydrogen-bond acceptors (Lipinski definition) is 6. The summed E-state index contributed by atoms with van der Waals surface area (Å²) in [5, 5.41) is 7.11. The van der Waals surface area contributed by atoms with Crippen LogP contribution in [-0.2, 0) is 4.79 Å². The summed E-state index contributed by atoms with van der Waals surface area (Å²) < 4.78 is 20.9. The van der Waals surface area contributed by atoms with E-state index in [-0.39, 0.29) is 23.7 Å². The Balaban J connectivity index is 1.30. The summed E-state index contributed by atoms with van der Waals surface area (Å²) in [5.74, 6) is 0.626. The fourth-order valence-electron chi connectivity index (χ4n) is 5.16. The minimum Gasteiger partial charge on any atom is -0.367 e. The molecule has 1 aliphatic rings. The molecule has 1 N–H and O–H groups in total.